The number of aliphatic hydroxyl groups excluding tert-OH is 2. The van der Waals surface area contributed by atoms with E-state index in [1.54, 1.807) is 19.1 Å². The molecule has 1 amide bonds. The number of aliphatic hydroxyl groups is 2. The fourth-order valence-corrected chi connectivity index (χ4v) is 8.79. The molecular weight excluding hydrogens is 568 g/mol. The fourth-order valence-electron chi connectivity index (χ4n) is 8.79. The van der Waals surface area contributed by atoms with E-state index in [2.05, 4.69) is 54.5 Å². The summed E-state index contributed by atoms with van der Waals surface area (Å²) >= 11 is 0. The Bertz CT molecular complexity index is 1340. The van der Waals surface area contributed by atoms with Crippen LogP contribution in [0.15, 0.2) is 36.4 Å². The van der Waals surface area contributed by atoms with Crippen LogP contribution >= 0.6 is 0 Å². The highest BCUT2D eigenvalue weighted by molar-refractivity contribution is 5.83. The number of rotatable bonds is 11. The Morgan fingerprint density at radius 1 is 1.22 bits per heavy atom. The molecule has 1 heterocycles. The second kappa shape index (κ2) is 13.6. The van der Waals surface area contributed by atoms with Crippen LogP contribution in [0.4, 0.5) is 5.69 Å². The Morgan fingerprint density at radius 3 is 2.58 bits per heavy atom. The molecule has 0 spiro atoms. The van der Waals surface area contributed by atoms with Gasteiger partial charge in [-0.15, -0.1) is 0 Å². The van der Waals surface area contributed by atoms with Crippen LogP contribution < -0.4 is 20.3 Å². The van der Waals surface area contributed by atoms with E-state index in [1.165, 1.54) is 6.42 Å². The molecule has 2 aromatic carbocycles. The van der Waals surface area contributed by atoms with Gasteiger partial charge < -0.3 is 30.5 Å². The average molecular weight is 623 g/mol. The van der Waals surface area contributed by atoms with Gasteiger partial charge in [0.05, 0.1) is 26.4 Å². The molecule has 3 saturated carbocycles. The fraction of sp³-hybridized carbons (Fsp3) is 0.639. The lowest BCUT2D eigenvalue weighted by Crippen LogP contribution is -2.60. The van der Waals surface area contributed by atoms with Crippen molar-refractivity contribution in [1.29, 1.82) is 0 Å². The summed E-state index contributed by atoms with van der Waals surface area (Å²) in [4.78, 5) is 22.6. The molecule has 2 aromatic rings. The number of benzene rings is 2. The quantitative estimate of drug-likeness (QED) is 0.296. The molecule has 6 rings (SSSR count). The van der Waals surface area contributed by atoms with Crippen LogP contribution in [0.3, 0.4) is 0 Å². The van der Waals surface area contributed by atoms with E-state index >= 15 is 0 Å². The Morgan fingerprint density at radius 2 is 1.98 bits per heavy atom. The lowest BCUT2D eigenvalue weighted by molar-refractivity contribution is -0.183. The highest BCUT2D eigenvalue weighted by Crippen LogP contribution is 2.55. The van der Waals surface area contributed by atoms with Gasteiger partial charge in [-0.25, -0.2) is 0 Å². The predicted molar refractivity (Wildman–Crippen MR) is 178 cm³/mol. The van der Waals surface area contributed by atoms with E-state index in [-0.39, 0.29) is 30.5 Å². The summed E-state index contributed by atoms with van der Waals surface area (Å²) < 4.78 is 6.04. The maximum Gasteiger partial charge on any atom is 0.240 e. The second-order valence-corrected chi connectivity index (χ2v) is 14.5. The largest absolute Gasteiger partial charge is 0.496 e. The highest BCUT2D eigenvalue weighted by Gasteiger charge is 2.53. The van der Waals surface area contributed by atoms with E-state index in [4.69, 9.17) is 9.57 Å². The number of ether oxygens (including phenoxy) is 1. The summed E-state index contributed by atoms with van der Waals surface area (Å²) in [6.45, 7) is 9.37. The van der Waals surface area contributed by atoms with Crippen LogP contribution in [-0.2, 0) is 22.7 Å². The van der Waals surface area contributed by atoms with Crippen molar-refractivity contribution < 1.29 is 24.6 Å². The van der Waals surface area contributed by atoms with Crippen molar-refractivity contribution in [3.05, 3.63) is 47.5 Å². The summed E-state index contributed by atoms with van der Waals surface area (Å²) in [5.41, 5.74) is 5.35. The molecule has 45 heavy (non-hydrogen) atoms. The van der Waals surface area contributed by atoms with Gasteiger partial charge in [-0.05, 0) is 85.7 Å². The summed E-state index contributed by atoms with van der Waals surface area (Å²) in [5, 5.41) is 29.5. The number of amides is 1. The van der Waals surface area contributed by atoms with Crippen LogP contribution in [0.1, 0.15) is 58.1 Å². The minimum absolute atomic E-state index is 0.0857. The molecule has 8 atom stereocenters. The van der Waals surface area contributed by atoms with Crippen molar-refractivity contribution in [1.82, 2.24) is 15.7 Å². The minimum atomic E-state index is -0.852. The van der Waals surface area contributed by atoms with Crippen molar-refractivity contribution in [3.63, 3.8) is 0 Å². The van der Waals surface area contributed by atoms with E-state index in [0.29, 0.717) is 23.5 Å². The van der Waals surface area contributed by atoms with Crippen molar-refractivity contribution in [3.8, 4) is 16.9 Å². The molecule has 1 unspecified atom stereocenters. The van der Waals surface area contributed by atoms with Gasteiger partial charge in [0.1, 0.15) is 17.9 Å². The monoisotopic (exact) mass is 622 g/mol. The van der Waals surface area contributed by atoms with Gasteiger partial charge in [0.15, 0.2) is 0 Å². The zero-order valence-corrected chi connectivity index (χ0v) is 28.3. The minimum Gasteiger partial charge on any atom is -0.496 e. The van der Waals surface area contributed by atoms with Crippen LogP contribution in [0.25, 0.3) is 11.1 Å². The zero-order valence-electron chi connectivity index (χ0n) is 28.3. The molecule has 9 nitrogen and oxygen atoms in total. The molecule has 1 saturated heterocycles. The topological polar surface area (TPSA) is 107 Å². The van der Waals surface area contributed by atoms with Gasteiger partial charge in [-0.2, -0.15) is 5.06 Å². The summed E-state index contributed by atoms with van der Waals surface area (Å²) in [6, 6.07) is 11.8. The molecular formula is C36H54N4O5. The molecule has 0 radical (unpaired) electrons. The van der Waals surface area contributed by atoms with Gasteiger partial charge in [0, 0.05) is 49.4 Å². The normalized spacial score (nSPS) is 29.9. The first kappa shape index (κ1) is 33.7. The Labute approximate surface area is 269 Å². The van der Waals surface area contributed by atoms with Crippen molar-refractivity contribution in [2.24, 2.45) is 29.1 Å². The van der Waals surface area contributed by atoms with E-state index < -0.39 is 24.2 Å². The highest BCUT2D eigenvalue weighted by atomic mass is 16.7. The number of hydroxylamine groups is 2. The smallest absolute Gasteiger partial charge is 0.240 e. The van der Waals surface area contributed by atoms with E-state index in [1.807, 2.05) is 39.3 Å². The Kier molecular flexibility index (Phi) is 10.2. The van der Waals surface area contributed by atoms with Crippen molar-refractivity contribution >= 4 is 11.6 Å². The number of methoxy groups -OCH3 is 1. The second-order valence-electron chi connectivity index (χ2n) is 14.5. The lowest BCUT2D eigenvalue weighted by atomic mass is 9.52. The summed E-state index contributed by atoms with van der Waals surface area (Å²) in [5.74, 6) is 1.33. The third-order valence-electron chi connectivity index (χ3n) is 10.9. The number of carbonyl (C=O) groups excluding carboxylic acids is 1. The number of nitrogens with zero attached hydrogens (tertiary/aromatic N) is 2. The summed E-state index contributed by atoms with van der Waals surface area (Å²) in [6.07, 6.45) is 1.88. The zero-order chi connectivity index (χ0) is 32.6. The molecule has 1 aliphatic heterocycles. The van der Waals surface area contributed by atoms with Crippen LogP contribution in [0.5, 0.6) is 5.75 Å². The van der Waals surface area contributed by atoms with Crippen molar-refractivity contribution in [2.75, 3.05) is 39.8 Å². The third kappa shape index (κ3) is 6.60. The Hall–Kier alpha value is -2.69. The molecule has 9 heteroatoms. The molecule has 4 N–H and O–H groups in total. The van der Waals surface area contributed by atoms with E-state index in [0.717, 1.165) is 47.3 Å². The van der Waals surface area contributed by atoms with Gasteiger partial charge in [-0.3, -0.25) is 9.63 Å². The standard InChI is InChI=1S/C36H54N4O5/c1-21-29-13-12-24(17-36(29,3)4)32(21)38-35(43)33-31(22(2)42)30(20-41)45-40(33)19-25-10-9-11-28(34(25)44-8)26-14-23(18-37-5)15-27(16-26)39(6)7/h9-11,14-16,21-22,24,29-33,37,41-42H,12-13,17-20H2,1-8H3,(H,38,43)/t21-,22-,24?,29-,30-,31+,32+,33-/m0/s1. The first-order valence-electron chi connectivity index (χ1n) is 16.5. The van der Waals surface area contributed by atoms with Gasteiger partial charge in [0.25, 0.3) is 0 Å². The molecule has 248 valence electrons. The van der Waals surface area contributed by atoms with Crippen LogP contribution in [0.2, 0.25) is 0 Å². The Balaban J connectivity index is 1.46. The van der Waals surface area contributed by atoms with Gasteiger partial charge in [0.2, 0.25) is 5.91 Å². The lowest BCUT2D eigenvalue weighted by Gasteiger charge is -2.56. The molecule has 3 aliphatic carbocycles. The molecule has 0 aromatic heterocycles. The molecule has 2 bridgehead atoms. The number of carbonyl (C=O) groups is 1. The van der Waals surface area contributed by atoms with E-state index in [9.17, 15) is 15.0 Å². The molecule has 4 aliphatic rings. The SMILES string of the molecule is CNCc1cc(-c2cccc(CN3O[C@@H](CO)[C@@H]([C@H](C)O)[C@H]3C(=O)N[C@H]3C4CC[C@@H]([C@@H]3C)C(C)(C)C4)c2OC)cc(N(C)C)c1. The first-order valence-corrected chi connectivity index (χ1v) is 16.5. The number of hydrogen-bond acceptors (Lipinski definition) is 8. The predicted octanol–water partition coefficient (Wildman–Crippen LogP) is 4.20. The van der Waals surface area contributed by atoms with Crippen LogP contribution in [-0.4, -0.2) is 80.3 Å². The first-order chi connectivity index (χ1) is 21.4. The molecule has 4 fully saturated rings. The number of hydrogen-bond donors (Lipinski definition) is 4. The van der Waals surface area contributed by atoms with Crippen molar-refractivity contribution in [2.45, 2.75) is 84.3 Å². The number of anilines is 1. The third-order valence-corrected chi connectivity index (χ3v) is 10.9. The number of fused-ring (bicyclic) bond motifs is 3. The maximum absolute atomic E-state index is 14.2. The number of para-hydroxylation sites is 1. The van der Waals surface area contributed by atoms with Gasteiger partial charge in [-0.1, -0.05) is 39.0 Å². The number of nitrogens with one attached hydrogen (secondary N) is 2. The average Bonchev–Trinajstić information content (AvgIpc) is 3.37. The van der Waals surface area contributed by atoms with Gasteiger partial charge >= 0.3 is 0 Å². The van der Waals surface area contributed by atoms with Crippen LogP contribution in [0, 0.1) is 29.1 Å². The maximum atomic E-state index is 14.2. The summed E-state index contributed by atoms with van der Waals surface area (Å²) in [7, 11) is 7.66.